The van der Waals surface area contributed by atoms with Gasteiger partial charge in [-0.15, -0.1) is 0 Å². The quantitative estimate of drug-likeness (QED) is 0.207. The number of hydrogen-bond donors (Lipinski definition) is 4. The first-order valence-electron chi connectivity index (χ1n) is 9.77. The van der Waals surface area contributed by atoms with Crippen LogP contribution in [0.4, 0.5) is 0 Å². The smallest absolute Gasteiger partial charge is 0.324 e. The van der Waals surface area contributed by atoms with Crippen LogP contribution in [0, 0.1) is 0 Å². The summed E-state index contributed by atoms with van der Waals surface area (Å²) in [5.74, 6) is -1.49. The van der Waals surface area contributed by atoms with E-state index in [2.05, 4.69) is 0 Å². The molecule has 0 aliphatic rings. The average Bonchev–Trinajstić information content (AvgIpc) is 2.56. The first kappa shape index (κ1) is 25.3. The zero-order chi connectivity index (χ0) is 19.8. The highest BCUT2D eigenvalue weighted by Gasteiger charge is 2.29. The van der Waals surface area contributed by atoms with Crippen LogP contribution in [0.15, 0.2) is 0 Å². The molecule has 0 saturated carbocycles. The highest BCUT2D eigenvalue weighted by Crippen LogP contribution is 2.15. The summed E-state index contributed by atoms with van der Waals surface area (Å²) in [6.07, 6.45) is 12.5. The van der Waals surface area contributed by atoms with Crippen LogP contribution < -0.4 is 0 Å². The molecular formula is C18H36O7S. The van der Waals surface area contributed by atoms with Gasteiger partial charge in [0.25, 0.3) is 10.1 Å². The van der Waals surface area contributed by atoms with E-state index in [0.717, 1.165) is 44.9 Å². The Morgan fingerprint density at radius 3 is 1.38 bits per heavy atom. The van der Waals surface area contributed by atoms with Crippen molar-refractivity contribution in [3.8, 4) is 0 Å². The van der Waals surface area contributed by atoms with Crippen molar-refractivity contribution in [3.63, 3.8) is 0 Å². The summed E-state index contributed by atoms with van der Waals surface area (Å²) in [4.78, 5) is 10.8. The first-order valence-corrected chi connectivity index (χ1v) is 11.3. The highest BCUT2D eigenvalue weighted by atomic mass is 32.2. The maximum Gasteiger partial charge on any atom is 0.324 e. The number of aliphatic hydroxyl groups excluding tert-OH is 2. The van der Waals surface area contributed by atoms with Crippen molar-refractivity contribution >= 4 is 16.1 Å². The fourth-order valence-corrected chi connectivity index (χ4v) is 3.69. The third-order valence-corrected chi connectivity index (χ3v) is 5.76. The lowest BCUT2D eigenvalue weighted by molar-refractivity contribution is -0.136. The van der Waals surface area contributed by atoms with Crippen molar-refractivity contribution < 1.29 is 33.1 Å². The fraction of sp³-hybridized carbons (Fsp3) is 0.944. The summed E-state index contributed by atoms with van der Waals surface area (Å²) in [5.41, 5.74) is 0. The van der Waals surface area contributed by atoms with Crippen molar-refractivity contribution in [2.24, 2.45) is 0 Å². The van der Waals surface area contributed by atoms with Crippen LogP contribution in [-0.4, -0.2) is 52.2 Å². The molecule has 0 aliphatic heterocycles. The van der Waals surface area contributed by atoms with E-state index in [9.17, 15) is 18.3 Å². The third kappa shape index (κ3) is 14.5. The number of aliphatic carboxylic acids is 1. The molecule has 0 aromatic rings. The predicted molar refractivity (Wildman–Crippen MR) is 101 cm³/mol. The summed E-state index contributed by atoms with van der Waals surface area (Å²) in [6.45, 7) is -0.152. The zero-order valence-electron chi connectivity index (χ0n) is 15.7. The van der Waals surface area contributed by atoms with E-state index in [1.54, 1.807) is 0 Å². The fourth-order valence-electron chi connectivity index (χ4n) is 2.97. The molecule has 0 radical (unpaired) electrons. The molecule has 0 aromatic carbocycles. The summed E-state index contributed by atoms with van der Waals surface area (Å²) < 4.78 is 30.7. The van der Waals surface area contributed by atoms with Gasteiger partial charge in [0.2, 0.25) is 0 Å². The van der Waals surface area contributed by atoms with E-state index in [1.165, 1.54) is 25.7 Å². The molecule has 0 rings (SSSR count). The molecule has 0 aromatic heterocycles. The maximum atomic E-state index is 10.9. The largest absolute Gasteiger partial charge is 0.480 e. The molecule has 0 bridgehead atoms. The van der Waals surface area contributed by atoms with Gasteiger partial charge in [-0.1, -0.05) is 77.0 Å². The Kier molecular flexibility index (Phi) is 15.0. The highest BCUT2D eigenvalue weighted by molar-refractivity contribution is 7.87. The van der Waals surface area contributed by atoms with Crippen LogP contribution in [0.5, 0.6) is 0 Å². The van der Waals surface area contributed by atoms with E-state index < -0.39 is 27.4 Å². The van der Waals surface area contributed by atoms with Gasteiger partial charge in [0.1, 0.15) is 0 Å². The topological polar surface area (TPSA) is 132 Å². The monoisotopic (exact) mass is 396 g/mol. The van der Waals surface area contributed by atoms with Crippen LogP contribution in [0.1, 0.15) is 89.9 Å². The molecule has 0 spiro atoms. The molecule has 26 heavy (non-hydrogen) atoms. The van der Waals surface area contributed by atoms with Crippen molar-refractivity contribution in [2.45, 2.75) is 101 Å². The molecular weight excluding hydrogens is 360 g/mol. The Labute approximate surface area is 157 Å². The number of hydrogen-bond acceptors (Lipinski definition) is 5. The van der Waals surface area contributed by atoms with Gasteiger partial charge in [-0.3, -0.25) is 9.35 Å². The van der Waals surface area contributed by atoms with Gasteiger partial charge in [-0.2, -0.15) is 8.42 Å². The Morgan fingerprint density at radius 2 is 1.08 bits per heavy atom. The summed E-state index contributed by atoms with van der Waals surface area (Å²) in [7, 11) is -4.51. The summed E-state index contributed by atoms with van der Waals surface area (Å²) in [5, 5.41) is 25.0. The van der Waals surface area contributed by atoms with Crippen LogP contribution in [0.2, 0.25) is 0 Å². The Balaban J connectivity index is 3.38. The normalized spacial score (nSPS) is 14.3. The summed E-state index contributed by atoms with van der Waals surface area (Å²) >= 11 is 0. The van der Waals surface area contributed by atoms with Crippen LogP contribution in [0.25, 0.3) is 0 Å². The Morgan fingerprint density at radius 1 is 0.731 bits per heavy atom. The lowest BCUT2D eigenvalue weighted by Gasteiger charge is -2.08. The van der Waals surface area contributed by atoms with E-state index in [0.29, 0.717) is 12.8 Å². The molecule has 156 valence electrons. The Hall–Kier alpha value is -0.700. The second-order valence-electron chi connectivity index (χ2n) is 7.00. The molecule has 2 unspecified atom stereocenters. The minimum atomic E-state index is -4.51. The second-order valence-corrected chi connectivity index (χ2v) is 8.60. The third-order valence-electron chi connectivity index (χ3n) is 4.60. The number of carboxylic acid groups (broad SMARTS) is 1. The van der Waals surface area contributed by atoms with Gasteiger partial charge in [-0.05, 0) is 12.8 Å². The van der Waals surface area contributed by atoms with Gasteiger partial charge < -0.3 is 15.3 Å². The van der Waals surface area contributed by atoms with E-state index >= 15 is 0 Å². The SMILES string of the molecule is O=C(O)C(CCCCCCCCCCCCCCC(O)CO)S(=O)(=O)O. The average molecular weight is 397 g/mol. The van der Waals surface area contributed by atoms with Gasteiger partial charge in [-0.25, -0.2) is 0 Å². The Bertz CT molecular complexity index is 450. The predicted octanol–water partition coefficient (Wildman–Crippen LogP) is 3.14. The maximum absolute atomic E-state index is 10.9. The van der Waals surface area contributed by atoms with E-state index in [-0.39, 0.29) is 13.0 Å². The van der Waals surface area contributed by atoms with Crippen LogP contribution in [-0.2, 0) is 14.9 Å². The van der Waals surface area contributed by atoms with Gasteiger partial charge in [0.15, 0.2) is 5.25 Å². The number of carbonyl (C=O) groups is 1. The van der Waals surface area contributed by atoms with Gasteiger partial charge >= 0.3 is 5.97 Å². The number of unbranched alkanes of at least 4 members (excludes halogenated alkanes) is 11. The van der Waals surface area contributed by atoms with Crippen LogP contribution >= 0.6 is 0 Å². The summed E-state index contributed by atoms with van der Waals surface area (Å²) in [6, 6.07) is 0. The first-order chi connectivity index (χ1) is 12.3. The number of carboxylic acids is 1. The molecule has 4 N–H and O–H groups in total. The second kappa shape index (κ2) is 15.4. The van der Waals surface area contributed by atoms with Crippen molar-refractivity contribution in [3.05, 3.63) is 0 Å². The van der Waals surface area contributed by atoms with E-state index in [4.69, 9.17) is 14.8 Å². The molecule has 7 nitrogen and oxygen atoms in total. The lowest BCUT2D eigenvalue weighted by Crippen LogP contribution is -2.29. The zero-order valence-corrected chi connectivity index (χ0v) is 16.5. The van der Waals surface area contributed by atoms with Gasteiger partial charge in [0, 0.05) is 0 Å². The number of rotatable bonds is 18. The number of aliphatic hydroxyl groups is 2. The standard InChI is InChI=1S/C18H36O7S/c19-15-16(20)13-11-9-7-5-3-1-2-4-6-8-10-12-14-17(18(21)22)26(23,24)25/h16-17,19-20H,1-15H2,(H,21,22)(H,23,24,25). The molecule has 0 heterocycles. The van der Waals surface area contributed by atoms with E-state index in [1.807, 2.05) is 0 Å². The van der Waals surface area contributed by atoms with Gasteiger partial charge in [0.05, 0.1) is 12.7 Å². The minimum absolute atomic E-state index is 0.0382. The van der Waals surface area contributed by atoms with Crippen molar-refractivity contribution in [1.29, 1.82) is 0 Å². The van der Waals surface area contributed by atoms with Crippen molar-refractivity contribution in [2.75, 3.05) is 6.61 Å². The molecule has 0 saturated heterocycles. The lowest BCUT2D eigenvalue weighted by atomic mass is 10.0. The molecule has 0 fully saturated rings. The molecule has 0 aliphatic carbocycles. The van der Waals surface area contributed by atoms with Crippen LogP contribution in [0.3, 0.4) is 0 Å². The van der Waals surface area contributed by atoms with Crippen molar-refractivity contribution in [1.82, 2.24) is 0 Å². The molecule has 2 atom stereocenters. The minimum Gasteiger partial charge on any atom is -0.480 e. The molecule has 8 heteroatoms. The molecule has 0 amide bonds.